The number of alkyl halides is 3. The van der Waals surface area contributed by atoms with E-state index in [4.69, 9.17) is 0 Å². The SMILES string of the molecule is CC1(C)CC(=O)C2=C(C1)N(c1cccnc1)C(=O)CC2c1ccccc1C(F)(F)F. The summed E-state index contributed by atoms with van der Waals surface area (Å²) in [7, 11) is 0. The minimum absolute atomic E-state index is 0.0234. The number of hydrogen-bond acceptors (Lipinski definition) is 3. The molecule has 4 nitrogen and oxygen atoms in total. The van der Waals surface area contributed by atoms with Crippen LogP contribution >= 0.6 is 0 Å². The molecule has 0 N–H and O–H groups in total. The molecule has 2 heterocycles. The predicted octanol–water partition coefficient (Wildman–Crippen LogP) is 5.26. The van der Waals surface area contributed by atoms with E-state index in [1.165, 1.54) is 29.3 Å². The Morgan fingerprint density at radius 3 is 2.47 bits per heavy atom. The number of allylic oxidation sites excluding steroid dienone is 2. The number of amides is 1. The predicted molar refractivity (Wildman–Crippen MR) is 106 cm³/mol. The normalized spacial score (nSPS) is 21.6. The first-order chi connectivity index (χ1) is 14.1. The van der Waals surface area contributed by atoms with E-state index in [-0.39, 0.29) is 30.1 Å². The number of ketones is 1. The average molecular weight is 414 g/mol. The van der Waals surface area contributed by atoms with Gasteiger partial charge in [0, 0.05) is 36.2 Å². The molecule has 1 unspecified atom stereocenters. The summed E-state index contributed by atoms with van der Waals surface area (Å²) in [5.41, 5.74) is 0.0918. The third-order valence-corrected chi connectivity index (χ3v) is 5.69. The second kappa shape index (κ2) is 7.07. The molecule has 1 aromatic carbocycles. The molecule has 2 aliphatic rings. The van der Waals surface area contributed by atoms with Crippen LogP contribution in [0.5, 0.6) is 0 Å². The van der Waals surface area contributed by atoms with E-state index >= 15 is 0 Å². The smallest absolute Gasteiger partial charge is 0.294 e. The highest BCUT2D eigenvalue weighted by molar-refractivity contribution is 6.07. The molecule has 0 bridgehead atoms. The van der Waals surface area contributed by atoms with Crippen LogP contribution in [-0.2, 0) is 15.8 Å². The molecule has 156 valence electrons. The molecular formula is C23H21F3N2O2. The maximum absolute atomic E-state index is 13.7. The number of Topliss-reactive ketones (excluding diaryl/α,β-unsaturated/α-hetero) is 1. The second-order valence-electron chi connectivity index (χ2n) is 8.58. The molecular weight excluding hydrogens is 393 g/mol. The average Bonchev–Trinajstić information content (AvgIpc) is 2.66. The summed E-state index contributed by atoms with van der Waals surface area (Å²) in [5, 5.41) is 0. The van der Waals surface area contributed by atoms with Gasteiger partial charge in [-0.05, 0) is 35.6 Å². The molecule has 1 atom stereocenters. The zero-order chi connectivity index (χ0) is 21.7. The van der Waals surface area contributed by atoms with Gasteiger partial charge in [-0.3, -0.25) is 19.5 Å². The van der Waals surface area contributed by atoms with E-state index < -0.39 is 23.1 Å². The van der Waals surface area contributed by atoms with Gasteiger partial charge in [-0.1, -0.05) is 32.0 Å². The Bertz CT molecular complexity index is 1040. The number of anilines is 1. The van der Waals surface area contributed by atoms with Gasteiger partial charge >= 0.3 is 6.18 Å². The van der Waals surface area contributed by atoms with Gasteiger partial charge in [-0.15, -0.1) is 0 Å². The third kappa shape index (κ3) is 3.53. The lowest BCUT2D eigenvalue weighted by molar-refractivity contribution is -0.138. The van der Waals surface area contributed by atoms with Gasteiger partial charge in [-0.25, -0.2) is 0 Å². The molecule has 0 fully saturated rings. The quantitative estimate of drug-likeness (QED) is 0.673. The van der Waals surface area contributed by atoms with Gasteiger partial charge < -0.3 is 0 Å². The van der Waals surface area contributed by atoms with Gasteiger partial charge in [-0.2, -0.15) is 13.2 Å². The Hall–Kier alpha value is -2.96. The molecule has 30 heavy (non-hydrogen) atoms. The lowest BCUT2D eigenvalue weighted by Crippen LogP contribution is -2.44. The number of halogens is 3. The maximum atomic E-state index is 13.7. The number of benzene rings is 1. The topological polar surface area (TPSA) is 50.3 Å². The summed E-state index contributed by atoms with van der Waals surface area (Å²) >= 11 is 0. The van der Waals surface area contributed by atoms with Crippen LogP contribution in [0.15, 0.2) is 60.1 Å². The van der Waals surface area contributed by atoms with Crippen molar-refractivity contribution in [3.8, 4) is 0 Å². The van der Waals surface area contributed by atoms with Crippen LogP contribution in [0, 0.1) is 5.41 Å². The van der Waals surface area contributed by atoms with Crippen molar-refractivity contribution in [2.75, 3.05) is 4.90 Å². The molecule has 0 saturated heterocycles. The fraction of sp³-hybridized carbons (Fsp3) is 0.348. The van der Waals surface area contributed by atoms with Crippen molar-refractivity contribution in [3.63, 3.8) is 0 Å². The van der Waals surface area contributed by atoms with Gasteiger partial charge in [0.25, 0.3) is 0 Å². The first kappa shape index (κ1) is 20.3. The molecule has 0 saturated carbocycles. The first-order valence-corrected chi connectivity index (χ1v) is 9.74. The van der Waals surface area contributed by atoms with Crippen molar-refractivity contribution in [2.24, 2.45) is 5.41 Å². The van der Waals surface area contributed by atoms with E-state index in [0.717, 1.165) is 6.07 Å². The molecule has 7 heteroatoms. The van der Waals surface area contributed by atoms with E-state index in [1.807, 2.05) is 13.8 Å². The Kier molecular flexibility index (Phi) is 4.79. The van der Waals surface area contributed by atoms with E-state index in [0.29, 0.717) is 23.4 Å². The fourth-order valence-corrected chi connectivity index (χ4v) is 4.53. The van der Waals surface area contributed by atoms with E-state index in [9.17, 15) is 22.8 Å². The van der Waals surface area contributed by atoms with Gasteiger partial charge in [0.1, 0.15) is 0 Å². The lowest BCUT2D eigenvalue weighted by atomic mass is 9.68. The maximum Gasteiger partial charge on any atom is 0.416 e. The van der Waals surface area contributed by atoms with Crippen LogP contribution in [0.3, 0.4) is 0 Å². The number of pyridine rings is 1. The molecule has 2 aromatic rings. The monoisotopic (exact) mass is 414 g/mol. The lowest BCUT2D eigenvalue weighted by Gasteiger charge is -2.43. The summed E-state index contributed by atoms with van der Waals surface area (Å²) in [6.45, 7) is 3.85. The van der Waals surface area contributed by atoms with Crippen molar-refractivity contribution in [3.05, 3.63) is 71.2 Å². The zero-order valence-electron chi connectivity index (χ0n) is 16.7. The standard InChI is InChI=1S/C23H21F3N2O2/c1-22(2)11-18-21(19(29)12-22)16(15-7-3-4-8-17(15)23(24,25)26)10-20(30)28(18)14-6-5-9-27-13-14/h3-9,13,16H,10-12H2,1-2H3. The minimum atomic E-state index is -4.57. The molecule has 1 amide bonds. The molecule has 1 aliphatic carbocycles. The summed E-state index contributed by atoms with van der Waals surface area (Å²) in [5.74, 6) is -1.46. The van der Waals surface area contributed by atoms with Crippen LogP contribution in [-0.4, -0.2) is 16.7 Å². The second-order valence-corrected chi connectivity index (χ2v) is 8.58. The Morgan fingerprint density at radius 2 is 1.80 bits per heavy atom. The van der Waals surface area contributed by atoms with Crippen LogP contribution in [0.25, 0.3) is 0 Å². The minimum Gasteiger partial charge on any atom is -0.294 e. The van der Waals surface area contributed by atoms with Crippen LogP contribution in [0.1, 0.15) is 50.2 Å². The summed E-state index contributed by atoms with van der Waals surface area (Å²) < 4.78 is 41.0. The number of carbonyl (C=O) groups is 2. The van der Waals surface area contributed by atoms with Crippen LogP contribution in [0.2, 0.25) is 0 Å². The van der Waals surface area contributed by atoms with Crippen molar-refractivity contribution < 1.29 is 22.8 Å². The van der Waals surface area contributed by atoms with Gasteiger partial charge in [0.15, 0.2) is 5.78 Å². The molecule has 0 radical (unpaired) electrons. The van der Waals surface area contributed by atoms with Gasteiger partial charge in [0.05, 0.1) is 17.4 Å². The highest BCUT2D eigenvalue weighted by Gasteiger charge is 2.46. The number of hydrogen-bond donors (Lipinski definition) is 0. The van der Waals surface area contributed by atoms with Crippen molar-refractivity contribution in [2.45, 2.75) is 45.2 Å². The van der Waals surface area contributed by atoms with E-state index in [1.54, 1.807) is 18.3 Å². The largest absolute Gasteiger partial charge is 0.416 e. The highest BCUT2D eigenvalue weighted by atomic mass is 19.4. The molecule has 0 spiro atoms. The molecule has 1 aliphatic heterocycles. The molecule has 4 rings (SSSR count). The summed E-state index contributed by atoms with van der Waals surface area (Å²) in [6, 6.07) is 8.61. The number of aromatic nitrogens is 1. The molecule has 1 aromatic heterocycles. The number of carbonyl (C=O) groups excluding carboxylic acids is 2. The summed E-state index contributed by atoms with van der Waals surface area (Å²) in [6.07, 6.45) is -1.03. The highest BCUT2D eigenvalue weighted by Crippen LogP contribution is 2.49. The Balaban J connectivity index is 1.94. The zero-order valence-corrected chi connectivity index (χ0v) is 16.7. The Morgan fingerprint density at radius 1 is 1.07 bits per heavy atom. The Labute approximate surface area is 172 Å². The van der Waals surface area contributed by atoms with Crippen molar-refractivity contribution in [1.82, 2.24) is 4.98 Å². The fourth-order valence-electron chi connectivity index (χ4n) is 4.53. The van der Waals surface area contributed by atoms with E-state index in [2.05, 4.69) is 4.98 Å². The van der Waals surface area contributed by atoms with Crippen LogP contribution < -0.4 is 4.90 Å². The van der Waals surface area contributed by atoms with Crippen molar-refractivity contribution >= 4 is 17.4 Å². The van der Waals surface area contributed by atoms with Crippen molar-refractivity contribution in [1.29, 1.82) is 0 Å². The van der Waals surface area contributed by atoms with Gasteiger partial charge in [0.2, 0.25) is 5.91 Å². The van der Waals surface area contributed by atoms with Crippen LogP contribution in [0.4, 0.5) is 18.9 Å². The third-order valence-electron chi connectivity index (χ3n) is 5.69. The number of rotatable bonds is 2. The summed E-state index contributed by atoms with van der Waals surface area (Å²) in [4.78, 5) is 31.9. The first-order valence-electron chi connectivity index (χ1n) is 9.74. The number of nitrogens with zero attached hydrogens (tertiary/aromatic N) is 2.